The second-order valence-electron chi connectivity index (χ2n) is 3.77. The van der Waals surface area contributed by atoms with Crippen molar-refractivity contribution in [1.29, 1.82) is 0 Å². The molecular weight excluding hydrogens is 254 g/mol. The van der Waals surface area contributed by atoms with Gasteiger partial charge in [0, 0.05) is 0 Å². The Balaban J connectivity index is 2.75. The smallest absolute Gasteiger partial charge is 0.324 e. The second kappa shape index (κ2) is 5.24. The van der Waals surface area contributed by atoms with Crippen molar-refractivity contribution in [3.63, 3.8) is 0 Å². The maximum Gasteiger partial charge on any atom is 0.324 e. The first-order chi connectivity index (χ1) is 8.24. The van der Waals surface area contributed by atoms with Crippen LogP contribution in [0.25, 0.3) is 0 Å². The highest BCUT2D eigenvalue weighted by Crippen LogP contribution is 2.22. The van der Waals surface area contributed by atoms with Crippen molar-refractivity contribution < 1.29 is 27.5 Å². The van der Waals surface area contributed by atoms with Crippen LogP contribution in [-0.4, -0.2) is 29.9 Å². The lowest BCUT2D eigenvalue weighted by atomic mass is 10.1. The molecule has 0 aliphatic rings. The van der Waals surface area contributed by atoms with Crippen molar-refractivity contribution in [3.05, 3.63) is 29.3 Å². The number of carbonyl (C=O) groups excluding carboxylic acids is 1. The van der Waals surface area contributed by atoms with E-state index in [4.69, 9.17) is 0 Å². The van der Waals surface area contributed by atoms with Gasteiger partial charge in [-0.05, 0) is 19.1 Å². The molecule has 0 heterocycles. The van der Waals surface area contributed by atoms with E-state index >= 15 is 0 Å². The van der Waals surface area contributed by atoms with Gasteiger partial charge in [0.05, 0.1) is 12.1 Å². The summed E-state index contributed by atoms with van der Waals surface area (Å²) in [7, 11) is 0. The van der Waals surface area contributed by atoms with E-state index in [9.17, 15) is 27.5 Å². The van der Waals surface area contributed by atoms with Crippen LogP contribution in [0.3, 0.4) is 0 Å². The lowest BCUT2D eigenvalue weighted by Crippen LogP contribution is -2.41. The third-order valence-electron chi connectivity index (χ3n) is 2.20. The number of hydrogen-bond acceptors (Lipinski definition) is 2. The Bertz CT molecular complexity index is 449. The third-order valence-corrected chi connectivity index (χ3v) is 2.20. The zero-order chi connectivity index (χ0) is 13.9. The molecule has 1 amide bonds. The summed E-state index contributed by atoms with van der Waals surface area (Å²) >= 11 is 0. The number of aromatic hydroxyl groups is 1. The minimum Gasteiger partial charge on any atom is -0.507 e. The molecule has 0 saturated heterocycles. The van der Waals surface area contributed by atoms with Crippen LogP contribution in [0.5, 0.6) is 5.75 Å². The molecule has 18 heavy (non-hydrogen) atoms. The Morgan fingerprint density at radius 1 is 1.44 bits per heavy atom. The quantitative estimate of drug-likeness (QED) is 0.821. The first-order valence-electron chi connectivity index (χ1n) is 4.98. The number of carbonyl (C=O) groups is 1. The van der Waals surface area contributed by atoms with Crippen molar-refractivity contribution in [2.45, 2.75) is 19.3 Å². The van der Waals surface area contributed by atoms with Crippen LogP contribution in [0.1, 0.15) is 15.9 Å². The monoisotopic (exact) mass is 265 g/mol. The average Bonchev–Trinajstić information content (AvgIpc) is 2.29. The standard InChI is InChI=1S/C11H11F4NO2/c1-6-2-3-8(17)7(4-6)9(18)16-5-11(14,15)10(12)13/h2-4,10,17H,5H2,1H3,(H,16,18). The first-order valence-corrected chi connectivity index (χ1v) is 4.98. The fourth-order valence-electron chi connectivity index (χ4n) is 1.20. The van der Waals surface area contributed by atoms with E-state index < -0.39 is 30.5 Å². The molecule has 0 aliphatic heterocycles. The SMILES string of the molecule is Cc1ccc(O)c(C(=O)NCC(F)(F)C(F)F)c1. The minimum atomic E-state index is -4.30. The lowest BCUT2D eigenvalue weighted by molar-refractivity contribution is -0.123. The summed E-state index contributed by atoms with van der Waals surface area (Å²) in [5.41, 5.74) is 0.388. The lowest BCUT2D eigenvalue weighted by Gasteiger charge is -2.16. The molecule has 7 heteroatoms. The minimum absolute atomic E-state index is 0.236. The molecule has 0 unspecified atom stereocenters. The number of aryl methyl sites for hydroxylation is 1. The number of halogens is 4. The van der Waals surface area contributed by atoms with Gasteiger partial charge in [0.15, 0.2) is 0 Å². The maximum atomic E-state index is 12.6. The molecule has 0 fully saturated rings. The summed E-state index contributed by atoms with van der Waals surface area (Å²) in [6, 6.07) is 4.00. The maximum absolute atomic E-state index is 12.6. The number of alkyl halides is 4. The summed E-state index contributed by atoms with van der Waals surface area (Å²) < 4.78 is 48.9. The number of hydrogen-bond donors (Lipinski definition) is 2. The van der Waals surface area contributed by atoms with Gasteiger partial charge in [-0.15, -0.1) is 0 Å². The van der Waals surface area contributed by atoms with E-state index in [0.29, 0.717) is 5.56 Å². The van der Waals surface area contributed by atoms with Gasteiger partial charge in [0.1, 0.15) is 5.75 Å². The number of amides is 1. The fraction of sp³-hybridized carbons (Fsp3) is 0.364. The van der Waals surface area contributed by atoms with Crippen molar-refractivity contribution in [1.82, 2.24) is 5.32 Å². The molecular formula is C11H11F4NO2. The Morgan fingerprint density at radius 3 is 2.61 bits per heavy atom. The topological polar surface area (TPSA) is 49.3 Å². The van der Waals surface area contributed by atoms with E-state index in [1.165, 1.54) is 18.2 Å². The summed E-state index contributed by atoms with van der Waals surface area (Å²) in [4.78, 5) is 11.4. The number of rotatable bonds is 4. The van der Waals surface area contributed by atoms with Crippen LogP contribution in [0.15, 0.2) is 18.2 Å². The molecule has 0 bridgehead atoms. The van der Waals surface area contributed by atoms with Crippen LogP contribution in [0.2, 0.25) is 0 Å². The molecule has 0 saturated carbocycles. The zero-order valence-corrected chi connectivity index (χ0v) is 9.38. The average molecular weight is 265 g/mol. The molecule has 0 aliphatic carbocycles. The highest BCUT2D eigenvalue weighted by atomic mass is 19.3. The predicted molar refractivity (Wildman–Crippen MR) is 56.1 cm³/mol. The van der Waals surface area contributed by atoms with Gasteiger partial charge >= 0.3 is 12.3 Å². The largest absolute Gasteiger partial charge is 0.507 e. The van der Waals surface area contributed by atoms with Crippen molar-refractivity contribution in [2.24, 2.45) is 0 Å². The second-order valence-corrected chi connectivity index (χ2v) is 3.77. The Hall–Kier alpha value is -1.79. The number of phenols is 1. The van der Waals surface area contributed by atoms with Crippen LogP contribution < -0.4 is 5.32 Å². The Kier molecular flexibility index (Phi) is 4.15. The van der Waals surface area contributed by atoms with Crippen LogP contribution in [0, 0.1) is 6.92 Å². The molecule has 1 aromatic carbocycles. The predicted octanol–water partition coefficient (Wildman–Crippen LogP) is 2.33. The Morgan fingerprint density at radius 2 is 2.06 bits per heavy atom. The Labute approximate surface area is 100 Å². The molecule has 0 atom stereocenters. The molecule has 1 aromatic rings. The van der Waals surface area contributed by atoms with Gasteiger partial charge in [-0.25, -0.2) is 8.78 Å². The first kappa shape index (κ1) is 14.3. The summed E-state index contributed by atoms with van der Waals surface area (Å²) in [5.74, 6) is -5.73. The van der Waals surface area contributed by atoms with Gasteiger partial charge in [-0.3, -0.25) is 4.79 Å². The molecule has 1 rings (SSSR count). The highest BCUT2D eigenvalue weighted by Gasteiger charge is 2.40. The van der Waals surface area contributed by atoms with Crippen LogP contribution in [-0.2, 0) is 0 Å². The van der Waals surface area contributed by atoms with Crippen molar-refractivity contribution in [2.75, 3.05) is 6.54 Å². The van der Waals surface area contributed by atoms with E-state index in [-0.39, 0.29) is 5.56 Å². The molecule has 2 N–H and O–H groups in total. The summed E-state index contributed by atoms with van der Waals surface area (Å²) in [6.07, 6.45) is -3.86. The number of benzene rings is 1. The molecule has 0 aromatic heterocycles. The highest BCUT2D eigenvalue weighted by molar-refractivity contribution is 5.97. The van der Waals surface area contributed by atoms with Gasteiger partial charge in [-0.1, -0.05) is 11.6 Å². The van der Waals surface area contributed by atoms with Gasteiger partial charge in [0.2, 0.25) is 0 Å². The van der Waals surface area contributed by atoms with Gasteiger partial charge < -0.3 is 10.4 Å². The van der Waals surface area contributed by atoms with E-state index in [2.05, 4.69) is 0 Å². The third kappa shape index (κ3) is 3.35. The van der Waals surface area contributed by atoms with E-state index in [0.717, 1.165) is 0 Å². The zero-order valence-electron chi connectivity index (χ0n) is 9.38. The summed E-state index contributed by atoms with van der Waals surface area (Å²) in [5, 5.41) is 11.0. The molecule has 0 radical (unpaired) electrons. The van der Waals surface area contributed by atoms with Crippen LogP contribution >= 0.6 is 0 Å². The molecule has 100 valence electrons. The molecule has 3 nitrogen and oxygen atoms in total. The van der Waals surface area contributed by atoms with Crippen molar-refractivity contribution >= 4 is 5.91 Å². The number of phenolic OH excluding ortho intramolecular Hbond substituents is 1. The fourth-order valence-corrected chi connectivity index (χ4v) is 1.20. The van der Waals surface area contributed by atoms with E-state index in [1.807, 2.05) is 0 Å². The summed E-state index contributed by atoms with van der Waals surface area (Å²) in [6.45, 7) is 0.140. The normalized spacial score (nSPS) is 11.7. The molecule has 0 spiro atoms. The van der Waals surface area contributed by atoms with Gasteiger partial charge in [-0.2, -0.15) is 8.78 Å². The van der Waals surface area contributed by atoms with Crippen molar-refractivity contribution in [3.8, 4) is 5.75 Å². The van der Waals surface area contributed by atoms with Gasteiger partial charge in [0.25, 0.3) is 5.91 Å². The van der Waals surface area contributed by atoms with E-state index in [1.54, 1.807) is 12.2 Å². The van der Waals surface area contributed by atoms with Crippen LogP contribution in [0.4, 0.5) is 17.6 Å². The number of nitrogens with one attached hydrogen (secondary N) is 1.